The summed E-state index contributed by atoms with van der Waals surface area (Å²) in [6.07, 6.45) is 1.80. The van der Waals surface area contributed by atoms with Crippen LogP contribution in [0.2, 0.25) is 0 Å². The second-order valence-electron chi connectivity index (χ2n) is 5.52. The standard InChI is InChI=1S/C16H23NO3/c1-12(13-5-3-7-15(10-13)20-2)9-16(19)17-8-4-6-14(18)11-17/h3,5,7,10,12,14,18H,4,6,8-9,11H2,1-2H3. The van der Waals surface area contributed by atoms with E-state index in [-0.39, 0.29) is 17.9 Å². The number of benzene rings is 1. The van der Waals surface area contributed by atoms with Crippen LogP contribution in [0.4, 0.5) is 0 Å². The number of ether oxygens (including phenoxy) is 1. The molecule has 1 saturated heterocycles. The van der Waals surface area contributed by atoms with E-state index in [4.69, 9.17) is 4.74 Å². The number of aliphatic hydroxyl groups excluding tert-OH is 1. The lowest BCUT2D eigenvalue weighted by Crippen LogP contribution is -2.42. The highest BCUT2D eigenvalue weighted by molar-refractivity contribution is 5.77. The van der Waals surface area contributed by atoms with Gasteiger partial charge < -0.3 is 14.7 Å². The van der Waals surface area contributed by atoms with Crippen LogP contribution < -0.4 is 4.74 Å². The number of methoxy groups -OCH3 is 1. The molecule has 1 aliphatic rings. The fraction of sp³-hybridized carbons (Fsp3) is 0.562. The van der Waals surface area contributed by atoms with Crippen LogP contribution in [0.15, 0.2) is 24.3 Å². The lowest BCUT2D eigenvalue weighted by molar-refractivity contribution is -0.134. The number of aliphatic hydroxyl groups is 1. The molecule has 4 heteroatoms. The van der Waals surface area contributed by atoms with Crippen molar-refractivity contribution in [2.24, 2.45) is 0 Å². The molecular weight excluding hydrogens is 254 g/mol. The molecule has 1 fully saturated rings. The fourth-order valence-corrected chi connectivity index (χ4v) is 2.64. The minimum atomic E-state index is -0.361. The van der Waals surface area contributed by atoms with E-state index in [2.05, 4.69) is 0 Å². The Labute approximate surface area is 120 Å². The number of hydrogen-bond donors (Lipinski definition) is 1. The summed E-state index contributed by atoms with van der Waals surface area (Å²) in [7, 11) is 1.64. The Balaban J connectivity index is 1.96. The molecule has 1 aliphatic heterocycles. The maximum Gasteiger partial charge on any atom is 0.223 e. The van der Waals surface area contributed by atoms with E-state index < -0.39 is 0 Å². The third kappa shape index (κ3) is 3.73. The van der Waals surface area contributed by atoms with Gasteiger partial charge in [0.25, 0.3) is 0 Å². The third-order valence-corrected chi connectivity index (χ3v) is 3.89. The van der Waals surface area contributed by atoms with E-state index in [9.17, 15) is 9.90 Å². The Kier molecular flexibility index (Phi) is 5.01. The van der Waals surface area contributed by atoms with Crippen LogP contribution in [0.25, 0.3) is 0 Å². The molecule has 2 rings (SSSR count). The van der Waals surface area contributed by atoms with Crippen LogP contribution in [-0.2, 0) is 4.79 Å². The van der Waals surface area contributed by atoms with Gasteiger partial charge in [-0.05, 0) is 36.5 Å². The van der Waals surface area contributed by atoms with E-state index in [0.29, 0.717) is 13.0 Å². The lowest BCUT2D eigenvalue weighted by atomic mass is 9.96. The largest absolute Gasteiger partial charge is 0.497 e. The summed E-state index contributed by atoms with van der Waals surface area (Å²) in [6, 6.07) is 7.84. The molecule has 1 aromatic carbocycles. The van der Waals surface area contributed by atoms with Gasteiger partial charge in [0.2, 0.25) is 5.91 Å². The molecule has 0 saturated carbocycles. The van der Waals surface area contributed by atoms with Gasteiger partial charge >= 0.3 is 0 Å². The van der Waals surface area contributed by atoms with Gasteiger partial charge in [0.15, 0.2) is 0 Å². The molecule has 1 heterocycles. The van der Waals surface area contributed by atoms with Crippen molar-refractivity contribution in [2.45, 2.75) is 38.2 Å². The van der Waals surface area contributed by atoms with Crippen molar-refractivity contribution in [3.8, 4) is 5.75 Å². The van der Waals surface area contributed by atoms with Crippen LogP contribution in [0.1, 0.15) is 37.7 Å². The number of carbonyl (C=O) groups excluding carboxylic acids is 1. The van der Waals surface area contributed by atoms with Crippen LogP contribution in [-0.4, -0.2) is 42.2 Å². The van der Waals surface area contributed by atoms with Gasteiger partial charge in [0, 0.05) is 19.5 Å². The fourth-order valence-electron chi connectivity index (χ4n) is 2.64. The first-order chi connectivity index (χ1) is 9.60. The SMILES string of the molecule is COc1cccc(C(C)CC(=O)N2CCCC(O)C2)c1. The average molecular weight is 277 g/mol. The summed E-state index contributed by atoms with van der Waals surface area (Å²) in [5.74, 6) is 1.09. The first-order valence-corrected chi connectivity index (χ1v) is 7.20. The molecule has 1 N–H and O–H groups in total. The van der Waals surface area contributed by atoms with E-state index in [1.807, 2.05) is 31.2 Å². The van der Waals surface area contributed by atoms with Crippen LogP contribution >= 0.6 is 0 Å². The quantitative estimate of drug-likeness (QED) is 0.917. The van der Waals surface area contributed by atoms with Gasteiger partial charge in [-0.1, -0.05) is 19.1 Å². The molecule has 4 nitrogen and oxygen atoms in total. The van der Waals surface area contributed by atoms with Gasteiger partial charge in [-0.3, -0.25) is 4.79 Å². The summed E-state index contributed by atoms with van der Waals surface area (Å²) < 4.78 is 5.21. The number of nitrogens with zero attached hydrogens (tertiary/aromatic N) is 1. The normalized spacial score (nSPS) is 20.6. The molecule has 0 bridgehead atoms. The zero-order valence-corrected chi connectivity index (χ0v) is 12.2. The molecule has 2 unspecified atom stereocenters. The van der Waals surface area contributed by atoms with Gasteiger partial charge in [0.05, 0.1) is 13.2 Å². The number of amides is 1. The van der Waals surface area contributed by atoms with Crippen molar-refractivity contribution in [1.82, 2.24) is 4.90 Å². The predicted molar refractivity (Wildman–Crippen MR) is 77.8 cm³/mol. The lowest BCUT2D eigenvalue weighted by Gasteiger charge is -2.31. The highest BCUT2D eigenvalue weighted by atomic mass is 16.5. The molecule has 0 aliphatic carbocycles. The molecule has 110 valence electrons. The van der Waals surface area contributed by atoms with Crippen molar-refractivity contribution in [1.29, 1.82) is 0 Å². The summed E-state index contributed by atoms with van der Waals surface area (Å²) in [4.78, 5) is 14.0. The molecule has 1 amide bonds. The van der Waals surface area contributed by atoms with Crippen LogP contribution in [0.3, 0.4) is 0 Å². The summed E-state index contributed by atoms with van der Waals surface area (Å²) >= 11 is 0. The Morgan fingerprint density at radius 3 is 3.05 bits per heavy atom. The summed E-state index contributed by atoms with van der Waals surface area (Å²) in [6.45, 7) is 3.29. The first-order valence-electron chi connectivity index (χ1n) is 7.20. The number of likely N-dealkylation sites (tertiary alicyclic amines) is 1. The second kappa shape index (κ2) is 6.75. The predicted octanol–water partition coefficient (Wildman–Crippen LogP) is 2.17. The third-order valence-electron chi connectivity index (χ3n) is 3.89. The van der Waals surface area contributed by atoms with Crippen LogP contribution in [0.5, 0.6) is 5.75 Å². The van der Waals surface area contributed by atoms with Crippen molar-refractivity contribution >= 4 is 5.91 Å². The Morgan fingerprint density at radius 2 is 2.35 bits per heavy atom. The van der Waals surface area contributed by atoms with E-state index >= 15 is 0 Å². The molecule has 0 radical (unpaired) electrons. The van der Waals surface area contributed by atoms with Crippen molar-refractivity contribution in [3.63, 3.8) is 0 Å². The van der Waals surface area contributed by atoms with Crippen molar-refractivity contribution in [3.05, 3.63) is 29.8 Å². The molecular formula is C16H23NO3. The van der Waals surface area contributed by atoms with Gasteiger partial charge in [-0.25, -0.2) is 0 Å². The zero-order chi connectivity index (χ0) is 14.5. The number of rotatable bonds is 4. The molecule has 1 aromatic rings. The van der Waals surface area contributed by atoms with E-state index in [0.717, 1.165) is 30.7 Å². The number of carbonyl (C=O) groups is 1. The number of β-amino-alcohol motifs (C(OH)–C–C–N with tert-alkyl or cyclic N) is 1. The first kappa shape index (κ1) is 14.9. The topological polar surface area (TPSA) is 49.8 Å². The Morgan fingerprint density at radius 1 is 1.55 bits per heavy atom. The summed E-state index contributed by atoms with van der Waals surface area (Å²) in [5.41, 5.74) is 1.11. The summed E-state index contributed by atoms with van der Waals surface area (Å²) in [5, 5.41) is 9.64. The van der Waals surface area contributed by atoms with Gasteiger partial charge in [-0.15, -0.1) is 0 Å². The Hall–Kier alpha value is -1.55. The number of hydrogen-bond acceptors (Lipinski definition) is 3. The minimum Gasteiger partial charge on any atom is -0.497 e. The van der Waals surface area contributed by atoms with E-state index in [1.165, 1.54) is 0 Å². The van der Waals surface area contributed by atoms with Crippen molar-refractivity contribution in [2.75, 3.05) is 20.2 Å². The molecule has 20 heavy (non-hydrogen) atoms. The highest BCUT2D eigenvalue weighted by Crippen LogP contribution is 2.24. The zero-order valence-electron chi connectivity index (χ0n) is 12.2. The molecule has 0 spiro atoms. The smallest absolute Gasteiger partial charge is 0.223 e. The van der Waals surface area contributed by atoms with Crippen molar-refractivity contribution < 1.29 is 14.6 Å². The van der Waals surface area contributed by atoms with E-state index in [1.54, 1.807) is 12.0 Å². The maximum absolute atomic E-state index is 12.3. The maximum atomic E-state index is 12.3. The molecule has 0 aromatic heterocycles. The monoisotopic (exact) mass is 277 g/mol. The molecule has 2 atom stereocenters. The second-order valence-corrected chi connectivity index (χ2v) is 5.52. The van der Waals surface area contributed by atoms with Gasteiger partial charge in [-0.2, -0.15) is 0 Å². The average Bonchev–Trinajstić information content (AvgIpc) is 2.47. The number of piperidine rings is 1. The minimum absolute atomic E-state index is 0.124. The Bertz CT molecular complexity index is 461. The highest BCUT2D eigenvalue weighted by Gasteiger charge is 2.23. The van der Waals surface area contributed by atoms with Gasteiger partial charge in [0.1, 0.15) is 5.75 Å². The van der Waals surface area contributed by atoms with Crippen LogP contribution in [0, 0.1) is 0 Å².